The fourth-order valence-electron chi connectivity index (χ4n) is 4.04. The highest BCUT2D eigenvalue weighted by Crippen LogP contribution is 2.33. The van der Waals surface area contributed by atoms with Gasteiger partial charge < -0.3 is 5.73 Å². The minimum atomic E-state index is -0.187. The number of nitrogens with two attached hydrogens (primary N) is 1. The molecule has 1 unspecified atom stereocenters. The van der Waals surface area contributed by atoms with E-state index >= 15 is 0 Å². The predicted molar refractivity (Wildman–Crippen MR) is 138 cm³/mol. The zero-order chi connectivity index (χ0) is 24.2. The van der Waals surface area contributed by atoms with E-state index in [1.54, 1.807) is 24.5 Å². The van der Waals surface area contributed by atoms with Crippen LogP contribution in [0.3, 0.4) is 0 Å². The summed E-state index contributed by atoms with van der Waals surface area (Å²) in [6, 6.07) is 7.58. The molecule has 178 valence electrons. The van der Waals surface area contributed by atoms with E-state index in [1.807, 2.05) is 18.3 Å². The second-order valence-corrected chi connectivity index (χ2v) is 9.36. The van der Waals surface area contributed by atoms with Gasteiger partial charge in [-0.05, 0) is 38.6 Å². The van der Waals surface area contributed by atoms with Gasteiger partial charge in [0.05, 0.1) is 6.04 Å². The number of nitrogen functional groups attached to an aromatic ring is 1. The van der Waals surface area contributed by atoms with Gasteiger partial charge in [-0.25, -0.2) is 15.0 Å². The summed E-state index contributed by atoms with van der Waals surface area (Å²) in [6.07, 6.45) is 8.36. The van der Waals surface area contributed by atoms with Crippen LogP contribution in [0.15, 0.2) is 42.9 Å². The lowest BCUT2D eigenvalue weighted by atomic mass is 10.1. The average Bonchev–Trinajstić information content (AvgIpc) is 3.47. The van der Waals surface area contributed by atoms with E-state index in [2.05, 4.69) is 52.4 Å². The maximum atomic E-state index is 12.7. The Hall–Kier alpha value is -3.30. The van der Waals surface area contributed by atoms with Gasteiger partial charge in [0.15, 0.2) is 5.13 Å². The van der Waals surface area contributed by atoms with Crippen molar-refractivity contribution in [1.82, 2.24) is 24.3 Å². The van der Waals surface area contributed by atoms with Crippen LogP contribution in [0.25, 0.3) is 16.8 Å². The predicted octanol–water partition coefficient (Wildman–Crippen LogP) is 5.04. The first kappa shape index (κ1) is 23.8. The van der Waals surface area contributed by atoms with E-state index in [0.717, 1.165) is 53.3 Å². The van der Waals surface area contributed by atoms with Crippen LogP contribution >= 0.6 is 11.3 Å². The molecule has 4 rings (SSSR count). The van der Waals surface area contributed by atoms with Crippen molar-refractivity contribution >= 4 is 33.7 Å². The molecule has 4 aromatic rings. The molecule has 0 saturated heterocycles. The normalized spacial score (nSPS) is 12.4. The van der Waals surface area contributed by atoms with Crippen LogP contribution in [0.4, 0.5) is 10.9 Å². The Balaban J connectivity index is 1.68. The minimum absolute atomic E-state index is 0.161. The maximum absolute atomic E-state index is 12.7. The quantitative estimate of drug-likeness (QED) is 0.350. The summed E-state index contributed by atoms with van der Waals surface area (Å²) in [5, 5.41) is 3.48. The number of rotatable bonds is 9. The Bertz CT molecular complexity index is 1280. The molecule has 0 aliphatic carbocycles. The van der Waals surface area contributed by atoms with Crippen LogP contribution in [0.1, 0.15) is 60.7 Å². The van der Waals surface area contributed by atoms with Crippen molar-refractivity contribution in [2.45, 2.75) is 46.1 Å². The molecule has 34 heavy (non-hydrogen) atoms. The summed E-state index contributed by atoms with van der Waals surface area (Å²) in [5.74, 6) is 1.19. The molecule has 0 aliphatic heterocycles. The van der Waals surface area contributed by atoms with Gasteiger partial charge in [0, 0.05) is 34.6 Å². The molecule has 3 aromatic heterocycles. The van der Waals surface area contributed by atoms with E-state index in [1.165, 1.54) is 11.3 Å². The monoisotopic (exact) mass is 477 g/mol. The lowest BCUT2D eigenvalue weighted by molar-refractivity contribution is 0.102. The third-order valence-electron chi connectivity index (χ3n) is 6.04. The minimum Gasteiger partial charge on any atom is -0.382 e. The van der Waals surface area contributed by atoms with Gasteiger partial charge in [0.25, 0.3) is 5.91 Å². The standard InChI is InChI=1S/C25H31N7OS/c1-5-8-19(31(4)7-3)23-29-20(21-22(26)27-13-14-32(21)23)16-9-11-17(12-10-16)24(33)30-25-28-15-18(6-2)34-25/h9-15,19H,5-8H2,1-4H3,(H2,26,27)(H,28,30,33). The number of benzene rings is 1. The van der Waals surface area contributed by atoms with Crippen LogP contribution in [0, 0.1) is 0 Å². The second kappa shape index (κ2) is 10.3. The molecule has 9 heteroatoms. The van der Waals surface area contributed by atoms with Crippen molar-refractivity contribution in [3.05, 3.63) is 59.1 Å². The molecule has 0 spiro atoms. The summed E-state index contributed by atoms with van der Waals surface area (Å²) in [5.41, 5.74) is 9.31. The van der Waals surface area contributed by atoms with Crippen molar-refractivity contribution in [3.63, 3.8) is 0 Å². The fourth-order valence-corrected chi connectivity index (χ4v) is 4.79. The number of anilines is 2. The number of imidazole rings is 1. The van der Waals surface area contributed by atoms with Gasteiger partial charge >= 0.3 is 0 Å². The number of nitrogens with zero attached hydrogens (tertiary/aromatic N) is 5. The number of hydrogen-bond donors (Lipinski definition) is 2. The van der Waals surface area contributed by atoms with Crippen molar-refractivity contribution in [1.29, 1.82) is 0 Å². The molecule has 0 aliphatic rings. The van der Waals surface area contributed by atoms with Crippen LogP contribution in [-0.2, 0) is 6.42 Å². The number of hydrogen-bond acceptors (Lipinski definition) is 7. The Morgan fingerprint density at radius 1 is 1.21 bits per heavy atom. The number of carbonyl (C=O) groups excluding carboxylic acids is 1. The van der Waals surface area contributed by atoms with E-state index in [9.17, 15) is 4.79 Å². The van der Waals surface area contributed by atoms with Gasteiger partial charge in [-0.15, -0.1) is 11.3 Å². The summed E-state index contributed by atoms with van der Waals surface area (Å²) in [4.78, 5) is 29.8. The first-order valence-corrected chi connectivity index (χ1v) is 12.5. The second-order valence-electron chi connectivity index (χ2n) is 8.24. The number of carbonyl (C=O) groups is 1. The first-order valence-electron chi connectivity index (χ1n) is 11.7. The van der Waals surface area contributed by atoms with E-state index in [4.69, 9.17) is 10.7 Å². The molecule has 0 bridgehead atoms. The molecular weight excluding hydrogens is 446 g/mol. The maximum Gasteiger partial charge on any atom is 0.257 e. The Morgan fingerprint density at radius 2 is 1.97 bits per heavy atom. The van der Waals surface area contributed by atoms with Gasteiger partial charge in [-0.3, -0.25) is 19.4 Å². The van der Waals surface area contributed by atoms with Crippen LogP contribution in [0.5, 0.6) is 0 Å². The highest BCUT2D eigenvalue weighted by molar-refractivity contribution is 7.15. The fraction of sp³-hybridized carbons (Fsp3) is 0.360. The highest BCUT2D eigenvalue weighted by atomic mass is 32.1. The number of aryl methyl sites for hydroxylation is 1. The average molecular weight is 478 g/mol. The largest absolute Gasteiger partial charge is 0.382 e. The molecule has 1 atom stereocenters. The van der Waals surface area contributed by atoms with Crippen LogP contribution in [-0.4, -0.2) is 43.8 Å². The molecular formula is C25H31N7OS. The van der Waals surface area contributed by atoms with Crippen LogP contribution < -0.4 is 11.1 Å². The number of fused-ring (bicyclic) bond motifs is 1. The van der Waals surface area contributed by atoms with Gasteiger partial charge in [0.1, 0.15) is 22.9 Å². The van der Waals surface area contributed by atoms with Crippen molar-refractivity contribution < 1.29 is 4.79 Å². The summed E-state index contributed by atoms with van der Waals surface area (Å²) in [7, 11) is 2.12. The molecule has 0 fully saturated rings. The van der Waals surface area contributed by atoms with Gasteiger partial charge in [-0.2, -0.15) is 0 Å². The lowest BCUT2D eigenvalue weighted by Crippen LogP contribution is -2.26. The molecule has 3 N–H and O–H groups in total. The number of amides is 1. The van der Waals surface area contributed by atoms with Crippen molar-refractivity contribution in [3.8, 4) is 11.3 Å². The molecule has 1 aromatic carbocycles. The summed E-state index contributed by atoms with van der Waals surface area (Å²) in [6.45, 7) is 7.31. The Kier molecular flexibility index (Phi) is 7.23. The zero-order valence-electron chi connectivity index (χ0n) is 20.1. The van der Waals surface area contributed by atoms with Crippen LogP contribution in [0.2, 0.25) is 0 Å². The summed E-state index contributed by atoms with van der Waals surface area (Å²) >= 11 is 1.49. The number of thiazole rings is 1. The summed E-state index contributed by atoms with van der Waals surface area (Å²) < 4.78 is 2.05. The number of aromatic nitrogens is 4. The molecule has 8 nitrogen and oxygen atoms in total. The molecule has 0 saturated carbocycles. The van der Waals surface area contributed by atoms with E-state index in [0.29, 0.717) is 16.5 Å². The van der Waals surface area contributed by atoms with Gasteiger partial charge in [0.2, 0.25) is 0 Å². The van der Waals surface area contributed by atoms with E-state index < -0.39 is 0 Å². The smallest absolute Gasteiger partial charge is 0.257 e. The third-order valence-corrected chi connectivity index (χ3v) is 7.10. The van der Waals surface area contributed by atoms with Gasteiger partial charge in [-0.1, -0.05) is 39.3 Å². The third kappa shape index (κ3) is 4.67. The SMILES string of the molecule is CCCC(c1nc(-c2ccc(C(=O)Nc3ncc(CC)s3)cc2)c2c(N)nccn12)N(C)CC. The first-order chi connectivity index (χ1) is 16.5. The topological polar surface area (TPSA) is 101 Å². The Morgan fingerprint density at radius 3 is 2.62 bits per heavy atom. The Labute approximate surface area is 203 Å². The van der Waals surface area contributed by atoms with Crippen molar-refractivity contribution in [2.24, 2.45) is 0 Å². The number of nitrogens with one attached hydrogen (secondary N) is 1. The lowest BCUT2D eigenvalue weighted by Gasteiger charge is -2.25. The molecule has 1 amide bonds. The molecule has 3 heterocycles. The molecule has 0 radical (unpaired) electrons. The zero-order valence-corrected chi connectivity index (χ0v) is 20.9. The van der Waals surface area contributed by atoms with Crippen molar-refractivity contribution in [2.75, 3.05) is 24.6 Å². The van der Waals surface area contributed by atoms with E-state index in [-0.39, 0.29) is 11.9 Å². The highest BCUT2D eigenvalue weighted by Gasteiger charge is 2.24.